The van der Waals surface area contributed by atoms with Crippen LogP contribution in [0.2, 0.25) is 0 Å². The number of hydrogen-bond acceptors (Lipinski definition) is 2. The molecular weight excluding hydrogens is 208 g/mol. The van der Waals surface area contributed by atoms with E-state index in [1.165, 1.54) is 35.2 Å². The topological polar surface area (TPSA) is 29.3 Å². The van der Waals surface area contributed by atoms with Gasteiger partial charge in [-0.3, -0.25) is 4.90 Å². The number of nitrogens with two attached hydrogens (primary N) is 1. The van der Waals surface area contributed by atoms with Crippen LogP contribution >= 0.6 is 0 Å². The first-order chi connectivity index (χ1) is 8.19. The molecule has 0 atom stereocenters. The van der Waals surface area contributed by atoms with Crippen molar-refractivity contribution >= 4 is 0 Å². The summed E-state index contributed by atoms with van der Waals surface area (Å²) in [5.74, 6) is 0. The van der Waals surface area contributed by atoms with E-state index in [0.29, 0.717) is 6.54 Å². The molecule has 1 aliphatic rings. The first-order valence-electron chi connectivity index (χ1n) is 6.35. The van der Waals surface area contributed by atoms with E-state index in [2.05, 4.69) is 43.0 Å². The van der Waals surface area contributed by atoms with Gasteiger partial charge in [-0.2, -0.15) is 0 Å². The first-order valence-corrected chi connectivity index (χ1v) is 6.35. The van der Waals surface area contributed by atoms with Gasteiger partial charge in [0.25, 0.3) is 0 Å². The van der Waals surface area contributed by atoms with Crippen LogP contribution in [0, 0.1) is 6.92 Å². The van der Waals surface area contributed by atoms with Crippen LogP contribution in [-0.2, 0) is 13.1 Å². The largest absolute Gasteiger partial charge is 0.326 e. The van der Waals surface area contributed by atoms with Gasteiger partial charge in [-0.05, 0) is 37.0 Å². The van der Waals surface area contributed by atoms with Crippen molar-refractivity contribution in [2.24, 2.45) is 5.73 Å². The lowest BCUT2D eigenvalue weighted by Gasteiger charge is -2.26. The van der Waals surface area contributed by atoms with Crippen LogP contribution in [-0.4, -0.2) is 18.0 Å². The Hall–Kier alpha value is -1.12. The fraction of sp³-hybridized carbons (Fsp3) is 0.467. The summed E-state index contributed by atoms with van der Waals surface area (Å²) in [6.45, 7) is 8.36. The van der Waals surface area contributed by atoms with E-state index < -0.39 is 0 Å². The number of benzene rings is 1. The van der Waals surface area contributed by atoms with Gasteiger partial charge in [0.05, 0.1) is 0 Å². The molecule has 0 aliphatic carbocycles. The summed E-state index contributed by atoms with van der Waals surface area (Å²) in [5.41, 5.74) is 11.2. The Bertz CT molecular complexity index is 421. The van der Waals surface area contributed by atoms with Gasteiger partial charge in [0.2, 0.25) is 0 Å². The normalized spacial score (nSPS) is 17.0. The second kappa shape index (κ2) is 5.48. The van der Waals surface area contributed by atoms with E-state index in [1.807, 2.05) is 0 Å². The molecule has 17 heavy (non-hydrogen) atoms. The zero-order chi connectivity index (χ0) is 12.3. The van der Waals surface area contributed by atoms with Gasteiger partial charge in [-0.15, -0.1) is 0 Å². The minimum atomic E-state index is 0.632. The van der Waals surface area contributed by atoms with Crippen molar-refractivity contribution in [3.05, 3.63) is 46.5 Å². The summed E-state index contributed by atoms with van der Waals surface area (Å²) in [5, 5.41) is 0. The van der Waals surface area contributed by atoms with Gasteiger partial charge in [0.1, 0.15) is 0 Å². The second-order valence-electron chi connectivity index (χ2n) is 5.00. The van der Waals surface area contributed by atoms with Gasteiger partial charge in [-0.25, -0.2) is 0 Å². The van der Waals surface area contributed by atoms with Crippen LogP contribution in [0.1, 0.15) is 30.0 Å². The average molecular weight is 230 g/mol. The predicted molar refractivity (Wildman–Crippen MR) is 72.7 cm³/mol. The summed E-state index contributed by atoms with van der Waals surface area (Å²) in [4.78, 5) is 2.50. The van der Waals surface area contributed by atoms with Crippen LogP contribution in [0.3, 0.4) is 0 Å². The lowest BCUT2D eigenvalue weighted by Crippen LogP contribution is -2.28. The Labute approximate surface area is 104 Å². The second-order valence-corrected chi connectivity index (χ2v) is 5.00. The van der Waals surface area contributed by atoms with E-state index in [1.54, 1.807) is 0 Å². The Morgan fingerprint density at radius 3 is 2.71 bits per heavy atom. The third-order valence-electron chi connectivity index (χ3n) is 3.56. The monoisotopic (exact) mass is 230 g/mol. The molecule has 1 heterocycles. The smallest absolute Gasteiger partial charge is 0.0239 e. The molecule has 92 valence electrons. The standard InChI is InChI=1S/C15H22N2/c1-12-5-7-17(8-6-12)11-15-4-3-14(10-16)9-13(15)2/h3-5,9H,6-8,10-11,16H2,1-2H3. The maximum absolute atomic E-state index is 5.65. The molecule has 2 nitrogen and oxygen atoms in total. The summed E-state index contributed by atoms with van der Waals surface area (Å²) in [6, 6.07) is 6.58. The van der Waals surface area contributed by atoms with E-state index in [-0.39, 0.29) is 0 Å². The van der Waals surface area contributed by atoms with Crippen LogP contribution in [0.25, 0.3) is 0 Å². The molecule has 0 bridgehead atoms. The van der Waals surface area contributed by atoms with Gasteiger partial charge in [-0.1, -0.05) is 29.8 Å². The molecule has 1 aliphatic heterocycles. The molecule has 0 spiro atoms. The number of rotatable bonds is 3. The van der Waals surface area contributed by atoms with Gasteiger partial charge in [0.15, 0.2) is 0 Å². The van der Waals surface area contributed by atoms with Gasteiger partial charge in [0, 0.05) is 26.2 Å². The molecule has 0 radical (unpaired) electrons. The lowest BCUT2D eigenvalue weighted by molar-refractivity contribution is 0.285. The highest BCUT2D eigenvalue weighted by atomic mass is 15.1. The maximum Gasteiger partial charge on any atom is 0.0239 e. The summed E-state index contributed by atoms with van der Waals surface area (Å²) in [7, 11) is 0. The summed E-state index contributed by atoms with van der Waals surface area (Å²) in [6.07, 6.45) is 3.55. The third-order valence-corrected chi connectivity index (χ3v) is 3.56. The van der Waals surface area contributed by atoms with Crippen molar-refractivity contribution in [1.82, 2.24) is 4.90 Å². The number of nitrogens with zero attached hydrogens (tertiary/aromatic N) is 1. The molecule has 0 unspecified atom stereocenters. The minimum absolute atomic E-state index is 0.632. The molecule has 0 fully saturated rings. The molecule has 0 saturated carbocycles. The van der Waals surface area contributed by atoms with Crippen molar-refractivity contribution in [2.75, 3.05) is 13.1 Å². The maximum atomic E-state index is 5.65. The van der Waals surface area contributed by atoms with E-state index in [4.69, 9.17) is 5.73 Å². The number of hydrogen-bond donors (Lipinski definition) is 1. The Morgan fingerprint density at radius 2 is 2.12 bits per heavy atom. The van der Waals surface area contributed by atoms with Gasteiger partial charge < -0.3 is 5.73 Å². The van der Waals surface area contributed by atoms with Crippen molar-refractivity contribution in [3.8, 4) is 0 Å². The molecule has 1 aromatic rings. The van der Waals surface area contributed by atoms with Gasteiger partial charge >= 0.3 is 0 Å². The zero-order valence-electron chi connectivity index (χ0n) is 10.9. The molecule has 0 saturated heterocycles. The lowest BCUT2D eigenvalue weighted by atomic mass is 10.0. The minimum Gasteiger partial charge on any atom is -0.326 e. The Kier molecular flexibility index (Phi) is 3.97. The van der Waals surface area contributed by atoms with Crippen molar-refractivity contribution in [2.45, 2.75) is 33.4 Å². The summed E-state index contributed by atoms with van der Waals surface area (Å²) < 4.78 is 0. The molecule has 0 aromatic heterocycles. The van der Waals surface area contributed by atoms with Crippen molar-refractivity contribution in [3.63, 3.8) is 0 Å². The van der Waals surface area contributed by atoms with Crippen LogP contribution in [0.5, 0.6) is 0 Å². The first kappa shape index (κ1) is 12.3. The van der Waals surface area contributed by atoms with E-state index in [0.717, 1.165) is 13.1 Å². The van der Waals surface area contributed by atoms with E-state index >= 15 is 0 Å². The molecular formula is C15H22N2. The zero-order valence-corrected chi connectivity index (χ0v) is 10.9. The van der Waals surface area contributed by atoms with Crippen molar-refractivity contribution in [1.29, 1.82) is 0 Å². The Balaban J connectivity index is 2.04. The summed E-state index contributed by atoms with van der Waals surface area (Å²) >= 11 is 0. The SMILES string of the molecule is CC1=CCN(Cc2ccc(CN)cc2C)CC1. The molecule has 0 amide bonds. The molecule has 2 heteroatoms. The fourth-order valence-electron chi connectivity index (χ4n) is 2.26. The van der Waals surface area contributed by atoms with Crippen LogP contribution in [0.15, 0.2) is 29.8 Å². The van der Waals surface area contributed by atoms with Crippen LogP contribution in [0.4, 0.5) is 0 Å². The average Bonchev–Trinajstić information content (AvgIpc) is 2.34. The quantitative estimate of drug-likeness (QED) is 0.809. The molecule has 1 aromatic carbocycles. The predicted octanol–water partition coefficient (Wildman–Crippen LogP) is 2.61. The fourth-order valence-corrected chi connectivity index (χ4v) is 2.26. The van der Waals surface area contributed by atoms with Crippen molar-refractivity contribution < 1.29 is 0 Å². The molecule has 2 N–H and O–H groups in total. The third kappa shape index (κ3) is 3.18. The highest BCUT2D eigenvalue weighted by molar-refractivity contribution is 5.31. The highest BCUT2D eigenvalue weighted by Crippen LogP contribution is 2.16. The van der Waals surface area contributed by atoms with Crippen LogP contribution < -0.4 is 5.73 Å². The highest BCUT2D eigenvalue weighted by Gasteiger charge is 2.10. The Morgan fingerprint density at radius 1 is 1.29 bits per heavy atom. The number of aryl methyl sites for hydroxylation is 1. The van der Waals surface area contributed by atoms with E-state index in [9.17, 15) is 0 Å². The molecule has 2 rings (SSSR count).